The van der Waals surface area contributed by atoms with Gasteiger partial charge in [-0.25, -0.2) is 4.98 Å². The summed E-state index contributed by atoms with van der Waals surface area (Å²) in [5, 5.41) is 2.62. The van der Waals surface area contributed by atoms with Gasteiger partial charge in [0, 0.05) is 25.4 Å². The first-order valence-electron chi connectivity index (χ1n) is 5.86. The summed E-state index contributed by atoms with van der Waals surface area (Å²) in [6.07, 6.45) is 1.19. The second-order valence-corrected chi connectivity index (χ2v) is 5.25. The van der Waals surface area contributed by atoms with Crippen LogP contribution in [-0.4, -0.2) is 42.5 Å². The zero-order valence-electron chi connectivity index (χ0n) is 11.0. The summed E-state index contributed by atoms with van der Waals surface area (Å²) in [5.74, 6) is 0.0903. The number of hydrogen-bond acceptors (Lipinski definition) is 5. The second kappa shape index (κ2) is 8.12. The highest BCUT2D eigenvalue weighted by atomic mass is 35.5. The third-order valence-corrected chi connectivity index (χ3v) is 3.74. The Kier molecular flexibility index (Phi) is 6.80. The lowest BCUT2D eigenvalue weighted by Crippen LogP contribution is -2.29. The molecule has 1 rings (SSSR count). The van der Waals surface area contributed by atoms with Gasteiger partial charge in [0.15, 0.2) is 0 Å². The van der Waals surface area contributed by atoms with E-state index in [4.69, 9.17) is 11.6 Å². The van der Waals surface area contributed by atoms with Gasteiger partial charge < -0.3 is 9.64 Å². The SMILES string of the molecule is COC(=O)CCCN(C)C(=O)Cc1nc(CCl)cs1. The highest BCUT2D eigenvalue weighted by Gasteiger charge is 2.12. The van der Waals surface area contributed by atoms with E-state index < -0.39 is 0 Å². The number of carbonyl (C=O) groups is 2. The first-order chi connectivity index (χ1) is 9.06. The number of hydrogen-bond donors (Lipinski definition) is 0. The molecular formula is C12H17ClN2O3S. The third-order valence-electron chi connectivity index (χ3n) is 2.57. The number of likely N-dealkylation sites (N-methyl/N-ethyl adjacent to an activating group) is 1. The highest BCUT2D eigenvalue weighted by molar-refractivity contribution is 7.09. The van der Waals surface area contributed by atoms with Crippen molar-refractivity contribution in [2.45, 2.75) is 25.1 Å². The predicted octanol–water partition coefficient (Wildman–Crippen LogP) is 1.84. The molecule has 0 aliphatic heterocycles. The van der Waals surface area contributed by atoms with E-state index in [1.54, 1.807) is 11.9 Å². The fourth-order valence-electron chi connectivity index (χ4n) is 1.44. The molecule has 0 aromatic carbocycles. The number of amides is 1. The first kappa shape index (κ1) is 15.9. The number of esters is 1. The van der Waals surface area contributed by atoms with Crippen LogP contribution in [-0.2, 0) is 26.6 Å². The van der Waals surface area contributed by atoms with E-state index in [-0.39, 0.29) is 18.3 Å². The second-order valence-electron chi connectivity index (χ2n) is 4.04. The van der Waals surface area contributed by atoms with E-state index in [0.717, 1.165) is 10.7 Å². The molecule has 1 heterocycles. The monoisotopic (exact) mass is 304 g/mol. The molecule has 0 aliphatic carbocycles. The Balaban J connectivity index is 2.34. The van der Waals surface area contributed by atoms with Crippen LogP contribution >= 0.6 is 22.9 Å². The Morgan fingerprint density at radius 2 is 2.26 bits per heavy atom. The highest BCUT2D eigenvalue weighted by Crippen LogP contribution is 2.13. The van der Waals surface area contributed by atoms with Crippen LogP contribution in [0, 0.1) is 0 Å². The van der Waals surface area contributed by atoms with Gasteiger partial charge in [0.25, 0.3) is 0 Å². The van der Waals surface area contributed by atoms with Gasteiger partial charge in [0.05, 0.1) is 25.1 Å². The zero-order chi connectivity index (χ0) is 14.3. The van der Waals surface area contributed by atoms with Crippen LogP contribution < -0.4 is 0 Å². The molecule has 1 amide bonds. The molecule has 0 radical (unpaired) electrons. The molecule has 0 bridgehead atoms. The molecule has 7 heteroatoms. The van der Waals surface area contributed by atoms with Crippen LogP contribution in [0.5, 0.6) is 0 Å². The summed E-state index contributed by atoms with van der Waals surface area (Å²) >= 11 is 7.09. The van der Waals surface area contributed by atoms with Gasteiger partial charge in [-0.05, 0) is 6.42 Å². The Labute approximate surface area is 121 Å². The van der Waals surface area contributed by atoms with Crippen LogP contribution in [0.15, 0.2) is 5.38 Å². The Morgan fingerprint density at radius 1 is 1.53 bits per heavy atom. The number of carbonyl (C=O) groups excluding carboxylic acids is 2. The van der Waals surface area contributed by atoms with E-state index in [0.29, 0.717) is 25.3 Å². The summed E-state index contributed by atoms with van der Waals surface area (Å²) < 4.78 is 4.54. The van der Waals surface area contributed by atoms with Gasteiger partial charge in [-0.1, -0.05) is 0 Å². The standard InChI is InChI=1S/C12H17ClN2O3S/c1-15(5-3-4-12(17)18-2)11(16)6-10-14-9(7-13)8-19-10/h8H,3-7H2,1-2H3. The average Bonchev–Trinajstić information content (AvgIpc) is 2.85. The minimum absolute atomic E-state index is 0.0136. The summed E-state index contributed by atoms with van der Waals surface area (Å²) in [6, 6.07) is 0. The molecule has 0 N–H and O–H groups in total. The van der Waals surface area contributed by atoms with Gasteiger partial charge in [-0.3, -0.25) is 9.59 Å². The van der Waals surface area contributed by atoms with Gasteiger partial charge >= 0.3 is 5.97 Å². The van der Waals surface area contributed by atoms with E-state index in [1.165, 1.54) is 18.4 Å². The van der Waals surface area contributed by atoms with E-state index in [2.05, 4.69) is 9.72 Å². The Hall–Kier alpha value is -1.14. The van der Waals surface area contributed by atoms with Crippen molar-refractivity contribution in [1.29, 1.82) is 0 Å². The number of ether oxygens (including phenoxy) is 1. The predicted molar refractivity (Wildman–Crippen MR) is 74.3 cm³/mol. The van der Waals surface area contributed by atoms with Crippen molar-refractivity contribution < 1.29 is 14.3 Å². The molecular weight excluding hydrogens is 288 g/mol. The molecule has 1 aromatic rings. The molecule has 0 saturated heterocycles. The Morgan fingerprint density at radius 3 is 2.84 bits per heavy atom. The maximum Gasteiger partial charge on any atom is 0.305 e. The summed E-state index contributed by atoms with van der Waals surface area (Å²) in [4.78, 5) is 28.7. The topological polar surface area (TPSA) is 59.5 Å². The fraction of sp³-hybridized carbons (Fsp3) is 0.583. The van der Waals surface area contributed by atoms with Crippen LogP contribution in [0.4, 0.5) is 0 Å². The number of rotatable bonds is 7. The molecule has 1 aromatic heterocycles. The van der Waals surface area contributed by atoms with Crippen LogP contribution in [0.25, 0.3) is 0 Å². The normalized spacial score (nSPS) is 10.3. The largest absolute Gasteiger partial charge is 0.469 e. The molecule has 0 saturated carbocycles. The summed E-state index contributed by atoms with van der Waals surface area (Å²) in [6.45, 7) is 0.529. The number of methoxy groups -OCH3 is 1. The molecule has 0 aliphatic rings. The minimum atomic E-state index is -0.257. The molecule has 5 nitrogen and oxygen atoms in total. The van der Waals surface area contributed by atoms with Gasteiger partial charge in [0.2, 0.25) is 5.91 Å². The van der Waals surface area contributed by atoms with Crippen molar-refractivity contribution in [3.63, 3.8) is 0 Å². The van der Waals surface area contributed by atoms with Crippen molar-refractivity contribution in [2.24, 2.45) is 0 Å². The number of halogens is 1. The van der Waals surface area contributed by atoms with E-state index in [9.17, 15) is 9.59 Å². The van der Waals surface area contributed by atoms with Gasteiger partial charge in [-0.15, -0.1) is 22.9 Å². The lowest BCUT2D eigenvalue weighted by atomic mass is 10.3. The molecule has 0 atom stereocenters. The first-order valence-corrected chi connectivity index (χ1v) is 7.28. The molecule has 0 fully saturated rings. The van der Waals surface area contributed by atoms with Crippen molar-refractivity contribution >= 4 is 34.8 Å². The lowest BCUT2D eigenvalue weighted by Gasteiger charge is -2.15. The number of nitrogens with zero attached hydrogens (tertiary/aromatic N) is 2. The number of alkyl halides is 1. The quantitative estimate of drug-likeness (QED) is 0.569. The maximum absolute atomic E-state index is 11.9. The average molecular weight is 305 g/mol. The van der Waals surface area contributed by atoms with Crippen molar-refractivity contribution in [1.82, 2.24) is 9.88 Å². The fourth-order valence-corrected chi connectivity index (χ4v) is 2.46. The number of thiazole rings is 1. The number of aromatic nitrogens is 1. The summed E-state index contributed by atoms with van der Waals surface area (Å²) in [5.41, 5.74) is 0.794. The van der Waals surface area contributed by atoms with Gasteiger partial charge in [0.1, 0.15) is 5.01 Å². The van der Waals surface area contributed by atoms with Crippen LogP contribution in [0.1, 0.15) is 23.5 Å². The maximum atomic E-state index is 11.9. The molecule has 19 heavy (non-hydrogen) atoms. The van der Waals surface area contributed by atoms with Crippen molar-refractivity contribution in [2.75, 3.05) is 20.7 Å². The molecule has 0 spiro atoms. The van der Waals surface area contributed by atoms with Crippen LogP contribution in [0.2, 0.25) is 0 Å². The molecule has 106 valence electrons. The van der Waals surface area contributed by atoms with Crippen molar-refractivity contribution in [3.05, 3.63) is 16.1 Å². The molecule has 0 unspecified atom stereocenters. The van der Waals surface area contributed by atoms with Crippen LogP contribution in [0.3, 0.4) is 0 Å². The van der Waals surface area contributed by atoms with E-state index in [1.807, 2.05) is 5.38 Å². The van der Waals surface area contributed by atoms with E-state index >= 15 is 0 Å². The minimum Gasteiger partial charge on any atom is -0.469 e. The smallest absolute Gasteiger partial charge is 0.305 e. The zero-order valence-corrected chi connectivity index (χ0v) is 12.6. The third kappa shape index (κ3) is 5.57. The van der Waals surface area contributed by atoms with Gasteiger partial charge in [-0.2, -0.15) is 0 Å². The lowest BCUT2D eigenvalue weighted by molar-refractivity contribution is -0.141. The van der Waals surface area contributed by atoms with Crippen molar-refractivity contribution in [3.8, 4) is 0 Å². The Bertz CT molecular complexity index is 436. The summed E-state index contributed by atoms with van der Waals surface area (Å²) in [7, 11) is 3.07.